The van der Waals surface area contributed by atoms with E-state index in [0.29, 0.717) is 36.8 Å². The van der Waals surface area contributed by atoms with Crippen molar-refractivity contribution in [3.8, 4) is 11.1 Å². The van der Waals surface area contributed by atoms with E-state index < -0.39 is 11.0 Å². The molecule has 1 N–H and O–H groups in total. The molecule has 2 amide bonds. The van der Waals surface area contributed by atoms with Crippen molar-refractivity contribution in [1.82, 2.24) is 15.2 Å². The highest BCUT2D eigenvalue weighted by Gasteiger charge is 2.57. The van der Waals surface area contributed by atoms with Crippen LogP contribution in [0.3, 0.4) is 0 Å². The lowest BCUT2D eigenvalue weighted by Crippen LogP contribution is -2.40. The van der Waals surface area contributed by atoms with Gasteiger partial charge < -0.3 is 15.0 Å². The van der Waals surface area contributed by atoms with Crippen LogP contribution >= 0.6 is 0 Å². The van der Waals surface area contributed by atoms with E-state index >= 15 is 0 Å². The van der Waals surface area contributed by atoms with Crippen LogP contribution in [-0.2, 0) is 20.5 Å². The second-order valence-electron chi connectivity index (χ2n) is 10.7. The van der Waals surface area contributed by atoms with Gasteiger partial charge in [0.25, 0.3) is 5.91 Å². The fourth-order valence-electron chi connectivity index (χ4n) is 5.83. The molecule has 3 heterocycles. The first-order valence-electron chi connectivity index (χ1n) is 13.0. The van der Waals surface area contributed by atoms with Crippen molar-refractivity contribution in [2.45, 2.75) is 49.2 Å². The van der Waals surface area contributed by atoms with Crippen LogP contribution in [0.15, 0.2) is 66.9 Å². The molecule has 3 fully saturated rings. The SMILES string of the molecule is O=C(NC1CC1)c1ccc(-c2ccc(C3(C(=O)N4CCC5(C4)OC(=O)c4ccccc45)CC3)cc2)cn1. The Bertz CT molecular complexity index is 1420. The number of likely N-dealkylation sites (tertiary alicyclic amines) is 1. The van der Waals surface area contributed by atoms with Crippen molar-refractivity contribution in [1.29, 1.82) is 0 Å². The molecule has 2 aliphatic heterocycles. The first kappa shape index (κ1) is 22.2. The molecule has 4 aliphatic rings. The smallest absolute Gasteiger partial charge is 0.339 e. The van der Waals surface area contributed by atoms with Crippen molar-refractivity contribution < 1.29 is 19.1 Å². The molecule has 0 radical (unpaired) electrons. The van der Waals surface area contributed by atoms with Gasteiger partial charge in [-0.2, -0.15) is 0 Å². The van der Waals surface area contributed by atoms with Gasteiger partial charge in [0.15, 0.2) is 5.60 Å². The maximum Gasteiger partial charge on any atom is 0.339 e. The summed E-state index contributed by atoms with van der Waals surface area (Å²) in [6.45, 7) is 0.980. The molecule has 2 aliphatic carbocycles. The molecule has 1 saturated heterocycles. The van der Waals surface area contributed by atoms with Crippen LogP contribution in [-0.4, -0.2) is 46.8 Å². The van der Waals surface area contributed by atoms with Crippen LogP contribution in [0.1, 0.15) is 64.1 Å². The summed E-state index contributed by atoms with van der Waals surface area (Å²) in [4.78, 5) is 44.6. The minimum absolute atomic E-state index is 0.116. The summed E-state index contributed by atoms with van der Waals surface area (Å²) in [5.74, 6) is -0.309. The van der Waals surface area contributed by atoms with Crippen LogP contribution < -0.4 is 5.32 Å². The van der Waals surface area contributed by atoms with Crippen molar-refractivity contribution in [2.24, 2.45) is 0 Å². The second-order valence-corrected chi connectivity index (χ2v) is 10.7. The quantitative estimate of drug-likeness (QED) is 0.544. The minimum atomic E-state index is -0.724. The molecule has 3 aromatic rings. The van der Waals surface area contributed by atoms with Gasteiger partial charge in [0.1, 0.15) is 5.69 Å². The summed E-state index contributed by atoms with van der Waals surface area (Å²) in [6, 6.07) is 19.6. The van der Waals surface area contributed by atoms with Gasteiger partial charge in [0.05, 0.1) is 17.5 Å². The Hall–Kier alpha value is -4.00. The number of ether oxygens (including phenoxy) is 1. The van der Waals surface area contributed by atoms with Crippen LogP contribution in [0.4, 0.5) is 0 Å². The lowest BCUT2D eigenvalue weighted by molar-refractivity contribution is -0.134. The maximum absolute atomic E-state index is 13.7. The van der Waals surface area contributed by atoms with Crippen molar-refractivity contribution in [2.75, 3.05) is 13.1 Å². The fourth-order valence-corrected chi connectivity index (χ4v) is 5.83. The van der Waals surface area contributed by atoms with E-state index in [1.54, 1.807) is 18.3 Å². The highest BCUT2D eigenvalue weighted by molar-refractivity contribution is 5.96. The number of benzene rings is 2. The van der Waals surface area contributed by atoms with E-state index in [-0.39, 0.29) is 17.8 Å². The molecule has 0 bridgehead atoms. The molecule has 7 rings (SSSR count). The number of fused-ring (bicyclic) bond motifs is 2. The monoisotopic (exact) mass is 493 g/mol. The van der Waals surface area contributed by atoms with E-state index in [4.69, 9.17) is 4.74 Å². The van der Waals surface area contributed by atoms with Crippen molar-refractivity contribution in [3.63, 3.8) is 0 Å². The number of carbonyl (C=O) groups is 3. The molecular weight excluding hydrogens is 466 g/mol. The van der Waals surface area contributed by atoms with E-state index in [1.165, 1.54) is 0 Å². The zero-order valence-corrected chi connectivity index (χ0v) is 20.4. The molecule has 2 aromatic carbocycles. The molecule has 37 heavy (non-hydrogen) atoms. The maximum atomic E-state index is 13.7. The fraction of sp³-hybridized carbons (Fsp3) is 0.333. The molecule has 7 nitrogen and oxygen atoms in total. The topological polar surface area (TPSA) is 88.6 Å². The summed E-state index contributed by atoms with van der Waals surface area (Å²) < 4.78 is 5.85. The van der Waals surface area contributed by atoms with E-state index in [1.807, 2.05) is 53.4 Å². The van der Waals surface area contributed by atoms with Gasteiger partial charge in [-0.25, -0.2) is 4.79 Å². The van der Waals surface area contributed by atoms with Gasteiger partial charge in [0, 0.05) is 36.3 Å². The number of carbonyl (C=O) groups excluding carboxylic acids is 3. The molecule has 7 heteroatoms. The van der Waals surface area contributed by atoms with Crippen molar-refractivity contribution in [3.05, 3.63) is 89.2 Å². The number of nitrogens with zero attached hydrogens (tertiary/aromatic N) is 2. The van der Waals surface area contributed by atoms with Crippen molar-refractivity contribution >= 4 is 17.8 Å². The molecule has 1 unspecified atom stereocenters. The number of nitrogens with one attached hydrogen (secondary N) is 1. The Morgan fingerprint density at radius 3 is 2.41 bits per heavy atom. The summed E-state index contributed by atoms with van der Waals surface area (Å²) >= 11 is 0. The van der Waals surface area contributed by atoms with Gasteiger partial charge in [-0.3, -0.25) is 14.6 Å². The van der Waals surface area contributed by atoms with E-state index in [0.717, 1.165) is 47.9 Å². The average molecular weight is 494 g/mol. The van der Waals surface area contributed by atoms with Crippen LogP contribution in [0, 0.1) is 0 Å². The lowest BCUT2D eigenvalue weighted by Gasteiger charge is -2.27. The Labute approximate surface area is 214 Å². The van der Waals surface area contributed by atoms with Gasteiger partial charge >= 0.3 is 5.97 Å². The molecule has 1 aromatic heterocycles. The predicted octanol–water partition coefficient (Wildman–Crippen LogP) is 3.97. The standard InChI is InChI=1S/C30H27N3O4/c34-26(32-22-10-11-22)25-12-7-20(17-31-25)19-5-8-21(9-6-19)29(13-14-29)28(36)33-16-15-30(18-33)24-4-2-1-3-23(24)27(35)37-30/h1-9,12,17,22H,10-11,13-16,18H2,(H,32,34). The minimum Gasteiger partial charge on any atom is -0.449 e. The molecule has 2 saturated carbocycles. The number of hydrogen-bond donors (Lipinski definition) is 1. The Morgan fingerprint density at radius 2 is 1.70 bits per heavy atom. The number of amides is 2. The van der Waals surface area contributed by atoms with E-state index in [9.17, 15) is 14.4 Å². The molecular formula is C30H27N3O4. The first-order valence-corrected chi connectivity index (χ1v) is 13.0. The van der Waals surface area contributed by atoms with Gasteiger partial charge in [0.2, 0.25) is 5.91 Å². The second kappa shape index (κ2) is 8.00. The number of esters is 1. The third kappa shape index (κ3) is 3.64. The Morgan fingerprint density at radius 1 is 0.946 bits per heavy atom. The highest BCUT2D eigenvalue weighted by Crippen LogP contribution is 2.52. The normalized spacial score (nSPS) is 23.0. The number of aromatic nitrogens is 1. The van der Waals surface area contributed by atoms with Crippen LogP contribution in [0.2, 0.25) is 0 Å². The van der Waals surface area contributed by atoms with E-state index in [2.05, 4.69) is 10.3 Å². The highest BCUT2D eigenvalue weighted by atomic mass is 16.6. The zero-order valence-electron chi connectivity index (χ0n) is 20.4. The summed E-state index contributed by atoms with van der Waals surface area (Å²) in [5, 5.41) is 2.96. The predicted molar refractivity (Wildman–Crippen MR) is 136 cm³/mol. The third-order valence-corrected chi connectivity index (χ3v) is 8.28. The Balaban J connectivity index is 1.07. The Kier molecular flexibility index (Phi) is 4.80. The first-order chi connectivity index (χ1) is 18.0. The van der Waals surface area contributed by atoms with Gasteiger partial charge in [-0.15, -0.1) is 0 Å². The van der Waals surface area contributed by atoms with Crippen LogP contribution in [0.5, 0.6) is 0 Å². The van der Waals surface area contributed by atoms with Crippen LogP contribution in [0.25, 0.3) is 11.1 Å². The number of hydrogen-bond acceptors (Lipinski definition) is 5. The third-order valence-electron chi connectivity index (χ3n) is 8.28. The number of rotatable bonds is 5. The largest absolute Gasteiger partial charge is 0.449 e. The summed E-state index contributed by atoms with van der Waals surface area (Å²) in [7, 11) is 0. The molecule has 1 spiro atoms. The summed E-state index contributed by atoms with van der Waals surface area (Å²) in [5.41, 5.74) is 3.63. The summed E-state index contributed by atoms with van der Waals surface area (Å²) in [6.07, 6.45) is 6.06. The zero-order chi connectivity index (χ0) is 25.2. The number of pyridine rings is 1. The molecule has 1 atom stereocenters. The average Bonchev–Trinajstić information content (AvgIpc) is 3.86. The van der Waals surface area contributed by atoms with Gasteiger partial charge in [-0.05, 0) is 48.9 Å². The van der Waals surface area contributed by atoms with Gasteiger partial charge in [-0.1, -0.05) is 48.5 Å². The lowest BCUT2D eigenvalue weighted by atomic mass is 9.91. The molecule has 186 valence electrons.